The van der Waals surface area contributed by atoms with Crippen LogP contribution in [-0.2, 0) is 0 Å². The summed E-state index contributed by atoms with van der Waals surface area (Å²) in [6.07, 6.45) is 3.56. The van der Waals surface area contributed by atoms with Crippen LogP contribution >= 0.6 is 0 Å². The van der Waals surface area contributed by atoms with Crippen molar-refractivity contribution in [1.29, 1.82) is 0 Å². The standard InChI is InChI=1S/C13H16N2O/c1-9-4-5-12(14-8-9)15-11(3)13-10(2)6-7-16-13/h4-8,11H,1-3H3,(H,14,15). The first-order chi connectivity index (χ1) is 7.66. The van der Waals surface area contributed by atoms with E-state index in [0.29, 0.717) is 0 Å². The van der Waals surface area contributed by atoms with E-state index in [0.717, 1.165) is 22.7 Å². The average molecular weight is 216 g/mol. The number of nitrogens with one attached hydrogen (secondary N) is 1. The number of hydrogen-bond donors (Lipinski definition) is 1. The van der Waals surface area contributed by atoms with Gasteiger partial charge in [0.05, 0.1) is 12.3 Å². The quantitative estimate of drug-likeness (QED) is 0.853. The van der Waals surface area contributed by atoms with E-state index in [1.54, 1.807) is 6.26 Å². The van der Waals surface area contributed by atoms with Gasteiger partial charge < -0.3 is 9.73 Å². The van der Waals surface area contributed by atoms with Gasteiger partial charge in [0, 0.05) is 6.20 Å². The van der Waals surface area contributed by atoms with E-state index >= 15 is 0 Å². The second kappa shape index (κ2) is 4.39. The Morgan fingerprint density at radius 1 is 1.25 bits per heavy atom. The average Bonchev–Trinajstić information content (AvgIpc) is 2.68. The minimum atomic E-state index is 0.130. The summed E-state index contributed by atoms with van der Waals surface area (Å²) in [6.45, 7) is 6.13. The van der Waals surface area contributed by atoms with Crippen molar-refractivity contribution in [3.8, 4) is 0 Å². The summed E-state index contributed by atoms with van der Waals surface area (Å²) < 4.78 is 5.43. The largest absolute Gasteiger partial charge is 0.467 e. The molecule has 0 saturated carbocycles. The highest BCUT2D eigenvalue weighted by molar-refractivity contribution is 5.38. The molecule has 2 aromatic rings. The van der Waals surface area contributed by atoms with Crippen molar-refractivity contribution in [3.05, 3.63) is 47.5 Å². The molecule has 0 aliphatic rings. The summed E-state index contributed by atoms with van der Waals surface area (Å²) in [5.74, 6) is 1.83. The van der Waals surface area contributed by atoms with Crippen LogP contribution in [0.15, 0.2) is 35.1 Å². The Labute approximate surface area is 95.5 Å². The maximum absolute atomic E-state index is 5.43. The minimum Gasteiger partial charge on any atom is -0.467 e. The summed E-state index contributed by atoms with van der Waals surface area (Å²) in [5.41, 5.74) is 2.32. The van der Waals surface area contributed by atoms with E-state index in [9.17, 15) is 0 Å². The maximum atomic E-state index is 5.43. The Morgan fingerprint density at radius 2 is 2.06 bits per heavy atom. The third-order valence-electron chi connectivity index (χ3n) is 2.57. The normalized spacial score (nSPS) is 12.4. The van der Waals surface area contributed by atoms with Gasteiger partial charge in [-0.3, -0.25) is 0 Å². The molecule has 1 unspecified atom stereocenters. The lowest BCUT2D eigenvalue weighted by molar-refractivity contribution is 0.487. The molecule has 1 N–H and O–H groups in total. The fourth-order valence-electron chi connectivity index (χ4n) is 1.67. The van der Waals surface area contributed by atoms with Gasteiger partial charge in [-0.1, -0.05) is 6.07 Å². The van der Waals surface area contributed by atoms with Crippen LogP contribution in [0.3, 0.4) is 0 Å². The first-order valence-corrected chi connectivity index (χ1v) is 5.40. The van der Waals surface area contributed by atoms with E-state index < -0.39 is 0 Å². The smallest absolute Gasteiger partial charge is 0.128 e. The van der Waals surface area contributed by atoms with Crippen molar-refractivity contribution < 1.29 is 4.42 Å². The number of pyridine rings is 1. The number of aromatic nitrogens is 1. The molecule has 2 aromatic heterocycles. The zero-order valence-electron chi connectivity index (χ0n) is 9.82. The summed E-state index contributed by atoms with van der Waals surface area (Å²) in [5, 5.41) is 3.31. The van der Waals surface area contributed by atoms with Gasteiger partial charge in [0.25, 0.3) is 0 Å². The number of aryl methyl sites for hydroxylation is 2. The molecule has 3 heteroatoms. The fraction of sp³-hybridized carbons (Fsp3) is 0.308. The van der Waals surface area contributed by atoms with E-state index in [1.165, 1.54) is 0 Å². The minimum absolute atomic E-state index is 0.130. The van der Waals surface area contributed by atoms with Crippen LogP contribution in [0.1, 0.15) is 29.9 Å². The number of rotatable bonds is 3. The highest BCUT2D eigenvalue weighted by atomic mass is 16.3. The van der Waals surface area contributed by atoms with Crippen LogP contribution in [0, 0.1) is 13.8 Å². The van der Waals surface area contributed by atoms with Crippen LogP contribution in [0.2, 0.25) is 0 Å². The molecule has 2 heterocycles. The maximum Gasteiger partial charge on any atom is 0.128 e. The molecule has 0 aromatic carbocycles. The molecule has 1 atom stereocenters. The molecular formula is C13H16N2O. The summed E-state index contributed by atoms with van der Waals surface area (Å²) in [6, 6.07) is 6.11. The third-order valence-corrected chi connectivity index (χ3v) is 2.57. The molecule has 0 bridgehead atoms. The van der Waals surface area contributed by atoms with Gasteiger partial charge in [-0.15, -0.1) is 0 Å². The van der Waals surface area contributed by atoms with Crippen LogP contribution in [0.5, 0.6) is 0 Å². The Bertz CT molecular complexity index is 459. The van der Waals surface area contributed by atoms with E-state index in [4.69, 9.17) is 4.42 Å². The van der Waals surface area contributed by atoms with Crippen molar-refractivity contribution in [3.63, 3.8) is 0 Å². The van der Waals surface area contributed by atoms with Crippen molar-refractivity contribution in [2.75, 3.05) is 5.32 Å². The third kappa shape index (κ3) is 2.24. The first kappa shape index (κ1) is 10.7. The molecule has 3 nitrogen and oxygen atoms in total. The lowest BCUT2D eigenvalue weighted by Gasteiger charge is -2.13. The lowest BCUT2D eigenvalue weighted by Crippen LogP contribution is -2.07. The molecule has 0 aliphatic heterocycles. The molecule has 0 saturated heterocycles. The number of hydrogen-bond acceptors (Lipinski definition) is 3. The van der Waals surface area contributed by atoms with Gasteiger partial charge in [-0.25, -0.2) is 4.98 Å². The summed E-state index contributed by atoms with van der Waals surface area (Å²) in [4.78, 5) is 4.31. The van der Waals surface area contributed by atoms with Gasteiger partial charge in [0.15, 0.2) is 0 Å². The summed E-state index contributed by atoms with van der Waals surface area (Å²) in [7, 11) is 0. The fourth-order valence-corrected chi connectivity index (χ4v) is 1.67. The van der Waals surface area contributed by atoms with Crippen molar-refractivity contribution in [2.24, 2.45) is 0 Å². The van der Waals surface area contributed by atoms with E-state index in [1.807, 2.05) is 38.2 Å². The van der Waals surface area contributed by atoms with E-state index in [-0.39, 0.29) is 6.04 Å². The number of nitrogens with zero attached hydrogens (tertiary/aromatic N) is 1. The van der Waals surface area contributed by atoms with Crippen LogP contribution < -0.4 is 5.32 Å². The summed E-state index contributed by atoms with van der Waals surface area (Å²) >= 11 is 0. The van der Waals surface area contributed by atoms with Crippen LogP contribution in [0.25, 0.3) is 0 Å². The zero-order chi connectivity index (χ0) is 11.5. The molecule has 16 heavy (non-hydrogen) atoms. The molecule has 0 amide bonds. The molecule has 0 fully saturated rings. The SMILES string of the molecule is Cc1ccc(NC(C)c2occc2C)nc1. The predicted octanol–water partition coefficient (Wildman–Crippen LogP) is 3.46. The molecule has 0 spiro atoms. The zero-order valence-corrected chi connectivity index (χ0v) is 9.82. The predicted molar refractivity (Wildman–Crippen MR) is 64.5 cm³/mol. The van der Waals surface area contributed by atoms with Crippen LogP contribution in [0.4, 0.5) is 5.82 Å². The van der Waals surface area contributed by atoms with Gasteiger partial charge in [-0.05, 0) is 44.0 Å². The van der Waals surface area contributed by atoms with Gasteiger partial charge >= 0.3 is 0 Å². The van der Waals surface area contributed by atoms with E-state index in [2.05, 4.69) is 17.2 Å². The van der Waals surface area contributed by atoms with Crippen molar-refractivity contribution >= 4 is 5.82 Å². The Hall–Kier alpha value is -1.77. The molecular weight excluding hydrogens is 200 g/mol. The highest BCUT2D eigenvalue weighted by Gasteiger charge is 2.11. The second-order valence-corrected chi connectivity index (χ2v) is 4.05. The topological polar surface area (TPSA) is 38.1 Å². The number of anilines is 1. The first-order valence-electron chi connectivity index (χ1n) is 5.40. The second-order valence-electron chi connectivity index (χ2n) is 4.05. The molecule has 2 rings (SSSR count). The lowest BCUT2D eigenvalue weighted by atomic mass is 10.2. The Balaban J connectivity index is 2.10. The van der Waals surface area contributed by atoms with Gasteiger partial charge in [0.2, 0.25) is 0 Å². The molecule has 84 valence electrons. The van der Waals surface area contributed by atoms with Gasteiger partial charge in [0.1, 0.15) is 11.6 Å². The number of furan rings is 1. The molecule has 0 radical (unpaired) electrons. The Kier molecular flexibility index (Phi) is 2.95. The monoisotopic (exact) mass is 216 g/mol. The van der Waals surface area contributed by atoms with Gasteiger partial charge in [-0.2, -0.15) is 0 Å². The Morgan fingerprint density at radius 3 is 2.62 bits per heavy atom. The van der Waals surface area contributed by atoms with Crippen LogP contribution in [-0.4, -0.2) is 4.98 Å². The highest BCUT2D eigenvalue weighted by Crippen LogP contribution is 2.21. The molecule has 0 aliphatic carbocycles. The van der Waals surface area contributed by atoms with Crippen molar-refractivity contribution in [1.82, 2.24) is 4.98 Å². The van der Waals surface area contributed by atoms with Crippen molar-refractivity contribution in [2.45, 2.75) is 26.8 Å².